The second-order valence-electron chi connectivity index (χ2n) is 4.26. The molecule has 1 saturated heterocycles. The smallest absolute Gasteiger partial charge is 0.166 e. The Hall–Kier alpha value is -1.42. The van der Waals surface area contributed by atoms with Crippen molar-refractivity contribution >= 4 is 11.6 Å². The Kier molecular flexibility index (Phi) is 3.51. The van der Waals surface area contributed by atoms with Crippen LogP contribution in [-0.4, -0.2) is 23.9 Å². The van der Waals surface area contributed by atoms with Crippen LogP contribution in [0.5, 0.6) is 0 Å². The van der Waals surface area contributed by atoms with E-state index in [4.69, 9.17) is 5.73 Å². The van der Waals surface area contributed by atoms with Crippen LogP contribution in [0.1, 0.15) is 29.6 Å². The number of pyridine rings is 1. The summed E-state index contributed by atoms with van der Waals surface area (Å²) in [6, 6.07) is 3.51. The van der Waals surface area contributed by atoms with E-state index < -0.39 is 0 Å². The second kappa shape index (κ2) is 5.07. The standard InChI is InChI=1S/C12H17N3O/c13-12-10(2-1-5-15-12)11(16)8-9-3-6-14-7-4-9/h1-2,5,9,14H,3-4,6-8H2,(H2,13,15). The van der Waals surface area contributed by atoms with Gasteiger partial charge in [-0.1, -0.05) is 0 Å². The highest BCUT2D eigenvalue weighted by Crippen LogP contribution is 2.20. The molecule has 2 heterocycles. The summed E-state index contributed by atoms with van der Waals surface area (Å²) < 4.78 is 0. The van der Waals surface area contributed by atoms with Gasteiger partial charge in [-0.3, -0.25) is 4.79 Å². The largest absolute Gasteiger partial charge is 0.383 e. The first-order chi connectivity index (χ1) is 7.77. The number of nitrogens with one attached hydrogen (secondary N) is 1. The number of nitrogens with two attached hydrogens (primary N) is 1. The maximum atomic E-state index is 12.0. The zero-order valence-electron chi connectivity index (χ0n) is 9.28. The van der Waals surface area contributed by atoms with Crippen LogP contribution in [-0.2, 0) is 0 Å². The van der Waals surface area contributed by atoms with Crippen LogP contribution >= 0.6 is 0 Å². The molecule has 16 heavy (non-hydrogen) atoms. The highest BCUT2D eigenvalue weighted by molar-refractivity contribution is 6.00. The third-order valence-electron chi connectivity index (χ3n) is 3.07. The third kappa shape index (κ3) is 2.58. The summed E-state index contributed by atoms with van der Waals surface area (Å²) >= 11 is 0. The molecule has 0 bridgehead atoms. The molecule has 0 unspecified atom stereocenters. The highest BCUT2D eigenvalue weighted by atomic mass is 16.1. The SMILES string of the molecule is Nc1ncccc1C(=O)CC1CCNCC1. The quantitative estimate of drug-likeness (QED) is 0.750. The average molecular weight is 219 g/mol. The average Bonchev–Trinajstić information content (AvgIpc) is 2.31. The van der Waals surface area contributed by atoms with E-state index in [1.54, 1.807) is 18.3 Å². The van der Waals surface area contributed by atoms with Gasteiger partial charge in [0.2, 0.25) is 0 Å². The number of carbonyl (C=O) groups is 1. The lowest BCUT2D eigenvalue weighted by Gasteiger charge is -2.21. The Labute approximate surface area is 95.3 Å². The van der Waals surface area contributed by atoms with E-state index in [0.29, 0.717) is 23.7 Å². The van der Waals surface area contributed by atoms with Gasteiger partial charge in [0.15, 0.2) is 5.78 Å². The van der Waals surface area contributed by atoms with Crippen molar-refractivity contribution < 1.29 is 4.79 Å². The molecule has 4 heteroatoms. The summed E-state index contributed by atoms with van der Waals surface area (Å²) in [7, 11) is 0. The number of hydrogen-bond acceptors (Lipinski definition) is 4. The Balaban J connectivity index is 2.00. The number of Topliss-reactive ketones (excluding diaryl/α,β-unsaturated/α-hetero) is 1. The van der Waals surface area contributed by atoms with Gasteiger partial charge in [-0.05, 0) is 44.0 Å². The number of nitrogen functional groups attached to an aromatic ring is 1. The molecule has 1 aliphatic rings. The van der Waals surface area contributed by atoms with E-state index >= 15 is 0 Å². The lowest BCUT2D eigenvalue weighted by Crippen LogP contribution is -2.29. The van der Waals surface area contributed by atoms with E-state index in [1.165, 1.54) is 0 Å². The zero-order chi connectivity index (χ0) is 11.4. The van der Waals surface area contributed by atoms with E-state index in [0.717, 1.165) is 25.9 Å². The first-order valence-electron chi connectivity index (χ1n) is 5.72. The Morgan fingerprint density at radius 3 is 2.94 bits per heavy atom. The zero-order valence-corrected chi connectivity index (χ0v) is 9.28. The third-order valence-corrected chi connectivity index (χ3v) is 3.07. The molecule has 0 saturated carbocycles. The maximum absolute atomic E-state index is 12.0. The first kappa shape index (κ1) is 11.1. The van der Waals surface area contributed by atoms with Gasteiger partial charge in [-0.25, -0.2) is 4.98 Å². The molecule has 0 radical (unpaired) electrons. The number of ketones is 1. The molecule has 1 aromatic heterocycles. The number of hydrogen-bond donors (Lipinski definition) is 2. The van der Waals surface area contributed by atoms with E-state index in [2.05, 4.69) is 10.3 Å². The van der Waals surface area contributed by atoms with Crippen molar-refractivity contribution in [1.29, 1.82) is 0 Å². The van der Waals surface area contributed by atoms with Gasteiger partial charge < -0.3 is 11.1 Å². The van der Waals surface area contributed by atoms with Crippen molar-refractivity contribution in [3.05, 3.63) is 23.9 Å². The lowest BCUT2D eigenvalue weighted by atomic mass is 9.91. The molecule has 0 aliphatic carbocycles. The van der Waals surface area contributed by atoms with Gasteiger partial charge in [0.1, 0.15) is 5.82 Å². The van der Waals surface area contributed by atoms with Gasteiger partial charge in [0, 0.05) is 12.6 Å². The first-order valence-corrected chi connectivity index (χ1v) is 5.72. The predicted molar refractivity (Wildman–Crippen MR) is 63.2 cm³/mol. The predicted octanol–water partition coefficient (Wildman–Crippen LogP) is 1.24. The van der Waals surface area contributed by atoms with E-state index in [-0.39, 0.29) is 5.78 Å². The lowest BCUT2D eigenvalue weighted by molar-refractivity contribution is 0.0953. The maximum Gasteiger partial charge on any atom is 0.166 e. The van der Waals surface area contributed by atoms with Crippen LogP contribution in [0.4, 0.5) is 5.82 Å². The topological polar surface area (TPSA) is 68.0 Å². The monoisotopic (exact) mass is 219 g/mol. The fourth-order valence-corrected chi connectivity index (χ4v) is 2.11. The molecule has 0 aromatic carbocycles. The normalized spacial score (nSPS) is 17.2. The molecule has 1 fully saturated rings. The Bertz CT molecular complexity index is 372. The second-order valence-corrected chi connectivity index (χ2v) is 4.26. The van der Waals surface area contributed by atoms with Gasteiger partial charge in [0.25, 0.3) is 0 Å². The molecule has 1 aromatic rings. The van der Waals surface area contributed by atoms with Crippen molar-refractivity contribution in [3.8, 4) is 0 Å². The molecule has 86 valence electrons. The van der Waals surface area contributed by atoms with Gasteiger partial charge in [0.05, 0.1) is 5.56 Å². The number of aromatic nitrogens is 1. The molecule has 3 N–H and O–H groups in total. The summed E-state index contributed by atoms with van der Waals surface area (Å²) in [4.78, 5) is 15.9. The van der Waals surface area contributed by atoms with Crippen LogP contribution in [0.2, 0.25) is 0 Å². The molecule has 0 atom stereocenters. The van der Waals surface area contributed by atoms with Crippen molar-refractivity contribution in [2.75, 3.05) is 18.8 Å². The summed E-state index contributed by atoms with van der Waals surface area (Å²) in [6.45, 7) is 2.03. The van der Waals surface area contributed by atoms with Crippen LogP contribution in [0.25, 0.3) is 0 Å². The minimum absolute atomic E-state index is 0.123. The molecule has 4 nitrogen and oxygen atoms in total. The number of carbonyl (C=O) groups excluding carboxylic acids is 1. The van der Waals surface area contributed by atoms with Crippen molar-refractivity contribution in [2.45, 2.75) is 19.3 Å². The number of piperidine rings is 1. The molecular weight excluding hydrogens is 202 g/mol. The molecule has 0 amide bonds. The number of rotatable bonds is 3. The van der Waals surface area contributed by atoms with Gasteiger partial charge in [-0.2, -0.15) is 0 Å². The summed E-state index contributed by atoms with van der Waals surface area (Å²) in [5, 5.41) is 3.29. The van der Waals surface area contributed by atoms with Crippen molar-refractivity contribution in [3.63, 3.8) is 0 Å². The van der Waals surface area contributed by atoms with E-state index in [9.17, 15) is 4.79 Å². The fourth-order valence-electron chi connectivity index (χ4n) is 2.11. The van der Waals surface area contributed by atoms with Crippen molar-refractivity contribution in [1.82, 2.24) is 10.3 Å². The van der Waals surface area contributed by atoms with Crippen LogP contribution in [0, 0.1) is 5.92 Å². The van der Waals surface area contributed by atoms with Gasteiger partial charge in [-0.15, -0.1) is 0 Å². The molecule has 1 aliphatic heterocycles. The minimum atomic E-state index is 0.123. The van der Waals surface area contributed by atoms with Crippen LogP contribution in [0.15, 0.2) is 18.3 Å². The van der Waals surface area contributed by atoms with Crippen LogP contribution < -0.4 is 11.1 Å². The number of nitrogens with zero attached hydrogens (tertiary/aromatic N) is 1. The van der Waals surface area contributed by atoms with Gasteiger partial charge >= 0.3 is 0 Å². The highest BCUT2D eigenvalue weighted by Gasteiger charge is 2.19. The summed E-state index contributed by atoms with van der Waals surface area (Å²) in [6.07, 6.45) is 4.35. The molecule has 2 rings (SSSR count). The van der Waals surface area contributed by atoms with E-state index in [1.807, 2.05) is 0 Å². The summed E-state index contributed by atoms with van der Waals surface area (Å²) in [5.74, 6) is 0.965. The minimum Gasteiger partial charge on any atom is -0.383 e. The Morgan fingerprint density at radius 1 is 1.50 bits per heavy atom. The molecular formula is C12H17N3O. The Morgan fingerprint density at radius 2 is 2.25 bits per heavy atom. The molecule has 0 spiro atoms. The summed E-state index contributed by atoms with van der Waals surface area (Å²) in [5.41, 5.74) is 6.25. The fraction of sp³-hybridized carbons (Fsp3) is 0.500. The van der Waals surface area contributed by atoms with Crippen molar-refractivity contribution in [2.24, 2.45) is 5.92 Å². The van der Waals surface area contributed by atoms with Crippen LogP contribution in [0.3, 0.4) is 0 Å². The number of anilines is 1.